The number of aryl methyl sites for hydroxylation is 2. The van der Waals surface area contributed by atoms with Gasteiger partial charge in [-0.3, -0.25) is 4.68 Å². The maximum Gasteiger partial charge on any atom is 0.153 e. The van der Waals surface area contributed by atoms with Crippen molar-refractivity contribution in [3.8, 4) is 0 Å². The quantitative estimate of drug-likeness (QED) is 0.844. The molecule has 6 nitrogen and oxygen atoms in total. The molecule has 96 valence electrons. The highest BCUT2D eigenvalue weighted by atomic mass is 15.3. The lowest BCUT2D eigenvalue weighted by Gasteiger charge is -2.07. The van der Waals surface area contributed by atoms with E-state index < -0.39 is 0 Å². The zero-order chi connectivity index (χ0) is 13.0. The number of rotatable bonds is 5. The second kappa shape index (κ2) is 5.48. The largest absolute Gasteiger partial charge is 0.373 e. The first-order valence-corrected chi connectivity index (χ1v) is 6.03. The SMILES string of the molecule is CCCc1nc(NC)cc(Nc2ccn(C)n2)n1. The third-order valence-electron chi connectivity index (χ3n) is 2.47. The van der Waals surface area contributed by atoms with Gasteiger partial charge in [-0.05, 0) is 6.42 Å². The summed E-state index contributed by atoms with van der Waals surface area (Å²) in [6, 6.07) is 3.77. The van der Waals surface area contributed by atoms with E-state index in [0.717, 1.165) is 36.1 Å². The van der Waals surface area contributed by atoms with Crippen LogP contribution in [0.1, 0.15) is 19.2 Å². The lowest BCUT2D eigenvalue weighted by Crippen LogP contribution is -2.04. The number of anilines is 3. The molecule has 0 saturated carbocycles. The molecule has 0 fully saturated rings. The van der Waals surface area contributed by atoms with E-state index in [2.05, 4.69) is 32.6 Å². The third kappa shape index (κ3) is 2.97. The average Bonchev–Trinajstić information content (AvgIpc) is 2.75. The highest BCUT2D eigenvalue weighted by Gasteiger charge is 2.05. The van der Waals surface area contributed by atoms with Crippen LogP contribution in [0.4, 0.5) is 17.5 Å². The molecule has 6 heteroatoms. The van der Waals surface area contributed by atoms with Crippen LogP contribution in [0.3, 0.4) is 0 Å². The van der Waals surface area contributed by atoms with Crippen molar-refractivity contribution in [2.24, 2.45) is 7.05 Å². The minimum atomic E-state index is 0.761. The fourth-order valence-corrected chi connectivity index (χ4v) is 1.64. The molecule has 2 heterocycles. The molecule has 0 aliphatic carbocycles. The molecule has 0 saturated heterocycles. The summed E-state index contributed by atoms with van der Waals surface area (Å²) < 4.78 is 1.75. The fourth-order valence-electron chi connectivity index (χ4n) is 1.64. The second-order valence-electron chi connectivity index (χ2n) is 4.05. The Labute approximate surface area is 106 Å². The Morgan fingerprint density at radius 1 is 1.22 bits per heavy atom. The number of aromatic nitrogens is 4. The van der Waals surface area contributed by atoms with Crippen LogP contribution in [0, 0.1) is 0 Å². The molecule has 0 bridgehead atoms. The van der Waals surface area contributed by atoms with Crippen LogP contribution in [-0.4, -0.2) is 26.8 Å². The van der Waals surface area contributed by atoms with Crippen molar-refractivity contribution in [2.75, 3.05) is 17.7 Å². The molecule has 2 rings (SSSR count). The molecule has 0 radical (unpaired) electrons. The van der Waals surface area contributed by atoms with Gasteiger partial charge >= 0.3 is 0 Å². The van der Waals surface area contributed by atoms with E-state index in [-0.39, 0.29) is 0 Å². The van der Waals surface area contributed by atoms with Crippen molar-refractivity contribution >= 4 is 17.5 Å². The summed E-state index contributed by atoms with van der Waals surface area (Å²) in [4.78, 5) is 8.86. The Morgan fingerprint density at radius 3 is 2.61 bits per heavy atom. The van der Waals surface area contributed by atoms with Gasteiger partial charge in [0.2, 0.25) is 0 Å². The van der Waals surface area contributed by atoms with E-state index >= 15 is 0 Å². The van der Waals surface area contributed by atoms with Crippen LogP contribution in [0.15, 0.2) is 18.3 Å². The van der Waals surface area contributed by atoms with Gasteiger partial charge in [0.15, 0.2) is 5.82 Å². The summed E-state index contributed by atoms with van der Waals surface area (Å²) in [6.07, 6.45) is 3.78. The lowest BCUT2D eigenvalue weighted by molar-refractivity contribution is 0.770. The van der Waals surface area contributed by atoms with Crippen LogP contribution in [0.2, 0.25) is 0 Å². The molecular formula is C12H18N6. The van der Waals surface area contributed by atoms with Gasteiger partial charge in [-0.15, -0.1) is 0 Å². The molecule has 0 aromatic carbocycles. The normalized spacial score (nSPS) is 10.4. The van der Waals surface area contributed by atoms with Gasteiger partial charge in [0.1, 0.15) is 17.5 Å². The van der Waals surface area contributed by atoms with Crippen molar-refractivity contribution < 1.29 is 0 Å². The Kier molecular flexibility index (Phi) is 3.76. The minimum absolute atomic E-state index is 0.761. The summed E-state index contributed by atoms with van der Waals surface area (Å²) in [5.41, 5.74) is 0. The third-order valence-corrected chi connectivity index (χ3v) is 2.47. The van der Waals surface area contributed by atoms with Gasteiger partial charge in [0.05, 0.1) is 0 Å². The van der Waals surface area contributed by atoms with E-state index in [1.165, 1.54) is 0 Å². The molecule has 2 aromatic rings. The van der Waals surface area contributed by atoms with E-state index in [9.17, 15) is 0 Å². The zero-order valence-corrected chi connectivity index (χ0v) is 10.9. The van der Waals surface area contributed by atoms with Gasteiger partial charge < -0.3 is 10.6 Å². The van der Waals surface area contributed by atoms with Crippen molar-refractivity contribution in [3.63, 3.8) is 0 Å². The Balaban J connectivity index is 2.23. The van der Waals surface area contributed by atoms with Crippen LogP contribution in [-0.2, 0) is 13.5 Å². The lowest BCUT2D eigenvalue weighted by atomic mass is 10.3. The van der Waals surface area contributed by atoms with Gasteiger partial charge in [-0.2, -0.15) is 5.10 Å². The first-order chi connectivity index (χ1) is 8.71. The maximum atomic E-state index is 4.46. The summed E-state index contributed by atoms with van der Waals surface area (Å²) >= 11 is 0. The van der Waals surface area contributed by atoms with Crippen molar-refractivity contribution in [1.29, 1.82) is 0 Å². The molecule has 0 atom stereocenters. The highest BCUT2D eigenvalue weighted by Crippen LogP contribution is 2.16. The van der Waals surface area contributed by atoms with Crippen molar-refractivity contribution in [2.45, 2.75) is 19.8 Å². The van der Waals surface area contributed by atoms with Crippen LogP contribution < -0.4 is 10.6 Å². The summed E-state index contributed by atoms with van der Waals surface area (Å²) in [7, 11) is 3.73. The van der Waals surface area contributed by atoms with Crippen LogP contribution in [0.25, 0.3) is 0 Å². The number of nitrogens with zero attached hydrogens (tertiary/aromatic N) is 4. The Hall–Kier alpha value is -2.11. The van der Waals surface area contributed by atoms with E-state index in [0.29, 0.717) is 0 Å². The predicted octanol–water partition coefficient (Wildman–Crippen LogP) is 1.95. The standard InChI is InChI=1S/C12H18N6/c1-4-5-9-14-11(13-2)8-12(15-9)16-10-6-7-18(3)17-10/h6-8H,4-5H2,1-3H3,(H2,13,14,15,16,17). The highest BCUT2D eigenvalue weighted by molar-refractivity contribution is 5.55. The Bertz CT molecular complexity index is 519. The molecule has 0 unspecified atom stereocenters. The van der Waals surface area contributed by atoms with E-state index in [1.54, 1.807) is 4.68 Å². The molecule has 2 aromatic heterocycles. The fraction of sp³-hybridized carbons (Fsp3) is 0.417. The topological polar surface area (TPSA) is 67.7 Å². The minimum Gasteiger partial charge on any atom is -0.373 e. The number of hydrogen-bond acceptors (Lipinski definition) is 5. The van der Waals surface area contributed by atoms with Crippen LogP contribution >= 0.6 is 0 Å². The van der Waals surface area contributed by atoms with Gasteiger partial charge in [0, 0.05) is 38.8 Å². The summed E-state index contributed by atoms with van der Waals surface area (Å²) in [5.74, 6) is 3.19. The average molecular weight is 246 g/mol. The maximum absolute atomic E-state index is 4.46. The van der Waals surface area contributed by atoms with Crippen LogP contribution in [0.5, 0.6) is 0 Å². The first-order valence-electron chi connectivity index (χ1n) is 6.03. The number of nitrogens with one attached hydrogen (secondary N) is 2. The van der Waals surface area contributed by atoms with E-state index in [1.807, 2.05) is 32.4 Å². The molecule has 0 spiro atoms. The molecule has 0 amide bonds. The zero-order valence-electron chi connectivity index (χ0n) is 10.9. The second-order valence-corrected chi connectivity index (χ2v) is 4.05. The smallest absolute Gasteiger partial charge is 0.153 e. The molecule has 0 aliphatic heterocycles. The van der Waals surface area contributed by atoms with Gasteiger partial charge in [-0.25, -0.2) is 9.97 Å². The summed E-state index contributed by atoms with van der Waals surface area (Å²) in [5, 5.41) is 10.5. The van der Waals surface area contributed by atoms with Gasteiger partial charge in [-0.1, -0.05) is 6.92 Å². The van der Waals surface area contributed by atoms with Gasteiger partial charge in [0.25, 0.3) is 0 Å². The van der Waals surface area contributed by atoms with Crippen molar-refractivity contribution in [1.82, 2.24) is 19.7 Å². The summed E-state index contributed by atoms with van der Waals surface area (Å²) in [6.45, 7) is 2.11. The molecule has 18 heavy (non-hydrogen) atoms. The molecular weight excluding hydrogens is 228 g/mol. The van der Waals surface area contributed by atoms with Crippen molar-refractivity contribution in [3.05, 3.63) is 24.2 Å². The predicted molar refractivity (Wildman–Crippen MR) is 72.1 cm³/mol. The molecule has 0 aliphatic rings. The Morgan fingerprint density at radius 2 is 2.00 bits per heavy atom. The first kappa shape index (κ1) is 12.3. The van der Waals surface area contributed by atoms with E-state index in [4.69, 9.17) is 0 Å². The number of hydrogen-bond donors (Lipinski definition) is 2. The molecule has 2 N–H and O–H groups in total. The monoisotopic (exact) mass is 246 g/mol.